The van der Waals surface area contributed by atoms with Crippen LogP contribution in [0.25, 0.3) is 11.3 Å². The van der Waals surface area contributed by atoms with Crippen molar-refractivity contribution in [3.05, 3.63) is 22.2 Å². The van der Waals surface area contributed by atoms with E-state index in [1.807, 2.05) is 13.8 Å². The number of rotatable bonds is 1. The van der Waals surface area contributed by atoms with Gasteiger partial charge in [-0.3, -0.25) is 0 Å². The summed E-state index contributed by atoms with van der Waals surface area (Å²) in [5.74, 6) is 1.81. The Hall–Kier alpha value is -1.88. The Morgan fingerprint density at radius 1 is 1.14 bits per heavy atom. The first-order chi connectivity index (χ1) is 10.0. The summed E-state index contributed by atoms with van der Waals surface area (Å²) in [6, 6.07) is 1.71. The molecule has 21 heavy (non-hydrogen) atoms. The topological polar surface area (TPSA) is 70.5 Å². The third kappa shape index (κ3) is 1.80. The first-order valence-electron chi connectivity index (χ1n) is 6.97. The molecule has 2 aliphatic heterocycles. The van der Waals surface area contributed by atoms with Gasteiger partial charge in [0.05, 0.1) is 10.6 Å². The second-order valence-electron chi connectivity index (χ2n) is 5.68. The normalized spacial score (nSPS) is 22.6. The number of aromatic nitrogens is 1. The largest absolute Gasteiger partial charge is 0.489 e. The van der Waals surface area contributed by atoms with Crippen LogP contribution < -0.4 is 15.2 Å². The molecule has 4 rings (SSSR count). The molecule has 3 heterocycles. The van der Waals surface area contributed by atoms with Crippen LogP contribution in [0.2, 0.25) is 5.02 Å². The summed E-state index contributed by atoms with van der Waals surface area (Å²) in [7, 11) is 0. The molecule has 2 aliphatic rings. The standard InChI is InChI=1S/C15H15ClN2O3/c1-6-3-8-12(10-5-11(17)21-18-10)14-9(4-7(2)19-14)13(16)15(8)20-6/h5-7H,3-4,17H2,1-2H3. The Kier molecular flexibility index (Phi) is 2.63. The molecule has 0 spiro atoms. The number of hydrogen-bond donors (Lipinski definition) is 1. The predicted molar refractivity (Wildman–Crippen MR) is 78.9 cm³/mol. The summed E-state index contributed by atoms with van der Waals surface area (Å²) in [4.78, 5) is 0. The van der Waals surface area contributed by atoms with Gasteiger partial charge >= 0.3 is 0 Å². The highest BCUT2D eigenvalue weighted by Crippen LogP contribution is 2.52. The molecule has 0 fully saturated rings. The van der Waals surface area contributed by atoms with Gasteiger partial charge in [-0.1, -0.05) is 16.8 Å². The van der Waals surface area contributed by atoms with E-state index in [1.54, 1.807) is 6.07 Å². The number of fused-ring (bicyclic) bond motifs is 2. The second-order valence-corrected chi connectivity index (χ2v) is 6.06. The van der Waals surface area contributed by atoms with Crippen molar-refractivity contribution in [1.82, 2.24) is 5.16 Å². The molecule has 6 heteroatoms. The third-order valence-electron chi connectivity index (χ3n) is 3.95. The van der Waals surface area contributed by atoms with Crippen molar-refractivity contribution in [2.45, 2.75) is 38.9 Å². The molecule has 0 bridgehead atoms. The van der Waals surface area contributed by atoms with Crippen LogP contribution in [0.4, 0.5) is 5.88 Å². The monoisotopic (exact) mass is 306 g/mol. The zero-order chi connectivity index (χ0) is 14.7. The first kappa shape index (κ1) is 12.8. The van der Waals surface area contributed by atoms with Crippen molar-refractivity contribution in [1.29, 1.82) is 0 Å². The van der Waals surface area contributed by atoms with Gasteiger partial charge in [0, 0.05) is 30.0 Å². The third-order valence-corrected chi connectivity index (χ3v) is 4.35. The number of anilines is 1. The number of hydrogen-bond acceptors (Lipinski definition) is 5. The predicted octanol–water partition coefficient (Wildman–Crippen LogP) is 3.22. The molecular weight excluding hydrogens is 292 g/mol. The van der Waals surface area contributed by atoms with Crippen molar-refractivity contribution in [2.75, 3.05) is 5.73 Å². The molecule has 2 unspecified atom stereocenters. The lowest BCUT2D eigenvalue weighted by atomic mass is 9.96. The molecule has 1 aromatic carbocycles. The number of nitrogens with zero attached hydrogens (tertiary/aromatic N) is 1. The fraction of sp³-hybridized carbons (Fsp3) is 0.400. The zero-order valence-electron chi connectivity index (χ0n) is 11.8. The minimum atomic E-state index is 0.0837. The van der Waals surface area contributed by atoms with E-state index < -0.39 is 0 Å². The van der Waals surface area contributed by atoms with Gasteiger partial charge in [-0.05, 0) is 13.8 Å². The van der Waals surface area contributed by atoms with Gasteiger partial charge in [0.15, 0.2) is 0 Å². The van der Waals surface area contributed by atoms with E-state index in [0.29, 0.717) is 10.7 Å². The molecule has 0 saturated carbocycles. The van der Waals surface area contributed by atoms with Gasteiger partial charge in [0.25, 0.3) is 0 Å². The highest BCUT2D eigenvalue weighted by molar-refractivity contribution is 6.33. The molecule has 2 atom stereocenters. The maximum absolute atomic E-state index is 6.52. The average Bonchev–Trinajstić information content (AvgIpc) is 3.09. The maximum Gasteiger partial charge on any atom is 0.222 e. The number of halogens is 1. The molecule has 2 aromatic rings. The van der Waals surface area contributed by atoms with E-state index in [9.17, 15) is 0 Å². The van der Waals surface area contributed by atoms with Gasteiger partial charge in [-0.15, -0.1) is 0 Å². The molecule has 110 valence electrons. The van der Waals surface area contributed by atoms with Gasteiger partial charge in [-0.2, -0.15) is 0 Å². The van der Waals surface area contributed by atoms with E-state index >= 15 is 0 Å². The average molecular weight is 307 g/mol. The second kappa shape index (κ2) is 4.31. The lowest BCUT2D eigenvalue weighted by molar-refractivity contribution is 0.254. The van der Waals surface area contributed by atoms with Crippen LogP contribution in [0.5, 0.6) is 11.5 Å². The SMILES string of the molecule is CC1Cc2c(c(Cl)c3c(c2-c2cc(N)on2)OC(C)C3)O1. The van der Waals surface area contributed by atoms with Gasteiger partial charge in [0.2, 0.25) is 5.88 Å². The number of benzene rings is 1. The van der Waals surface area contributed by atoms with Crippen LogP contribution >= 0.6 is 11.6 Å². The van der Waals surface area contributed by atoms with Gasteiger partial charge < -0.3 is 19.7 Å². The molecule has 5 nitrogen and oxygen atoms in total. The highest BCUT2D eigenvalue weighted by Gasteiger charge is 2.36. The number of nitrogen functional groups attached to an aromatic ring is 1. The first-order valence-corrected chi connectivity index (χ1v) is 7.35. The molecular formula is C15H15ClN2O3. The van der Waals surface area contributed by atoms with Crippen molar-refractivity contribution in [2.24, 2.45) is 0 Å². The Balaban J connectivity index is 2.02. The quantitative estimate of drug-likeness (QED) is 0.876. The van der Waals surface area contributed by atoms with Gasteiger partial charge in [0.1, 0.15) is 29.4 Å². The van der Waals surface area contributed by atoms with E-state index in [2.05, 4.69) is 5.16 Å². The van der Waals surface area contributed by atoms with Crippen LogP contribution in [0.3, 0.4) is 0 Å². The van der Waals surface area contributed by atoms with Crippen molar-refractivity contribution in [3.63, 3.8) is 0 Å². The van der Waals surface area contributed by atoms with Crippen LogP contribution in [-0.2, 0) is 12.8 Å². The smallest absolute Gasteiger partial charge is 0.222 e. The van der Waals surface area contributed by atoms with Crippen LogP contribution in [-0.4, -0.2) is 17.4 Å². The molecule has 2 N–H and O–H groups in total. The summed E-state index contributed by atoms with van der Waals surface area (Å²) in [5.41, 5.74) is 9.24. The fourth-order valence-corrected chi connectivity index (χ4v) is 3.46. The zero-order valence-corrected chi connectivity index (χ0v) is 12.5. The summed E-state index contributed by atoms with van der Waals surface area (Å²) in [5, 5.41) is 4.70. The van der Waals surface area contributed by atoms with Crippen LogP contribution in [0.15, 0.2) is 10.6 Å². The number of ether oxygens (including phenoxy) is 2. The molecule has 0 amide bonds. The van der Waals surface area contributed by atoms with Gasteiger partial charge in [-0.25, -0.2) is 0 Å². The highest BCUT2D eigenvalue weighted by atomic mass is 35.5. The van der Waals surface area contributed by atoms with E-state index in [0.717, 1.165) is 41.0 Å². The summed E-state index contributed by atoms with van der Waals surface area (Å²) < 4.78 is 16.9. The van der Waals surface area contributed by atoms with Crippen molar-refractivity contribution < 1.29 is 14.0 Å². The Morgan fingerprint density at radius 2 is 1.81 bits per heavy atom. The van der Waals surface area contributed by atoms with Crippen LogP contribution in [0, 0.1) is 0 Å². The minimum absolute atomic E-state index is 0.0837. The lowest BCUT2D eigenvalue weighted by Crippen LogP contribution is -2.07. The molecule has 1 aromatic heterocycles. The minimum Gasteiger partial charge on any atom is -0.489 e. The summed E-state index contributed by atoms with van der Waals surface area (Å²) in [6.07, 6.45) is 1.70. The Morgan fingerprint density at radius 3 is 2.48 bits per heavy atom. The maximum atomic E-state index is 6.52. The molecule has 0 saturated heterocycles. The van der Waals surface area contributed by atoms with E-state index in [-0.39, 0.29) is 18.1 Å². The lowest BCUT2D eigenvalue weighted by Gasteiger charge is -2.13. The Labute approximate surface area is 127 Å². The van der Waals surface area contributed by atoms with Crippen molar-refractivity contribution >= 4 is 17.5 Å². The molecule has 0 radical (unpaired) electrons. The van der Waals surface area contributed by atoms with Crippen LogP contribution in [0.1, 0.15) is 25.0 Å². The summed E-state index contributed by atoms with van der Waals surface area (Å²) >= 11 is 6.52. The fourth-order valence-electron chi connectivity index (χ4n) is 3.14. The molecule has 0 aliphatic carbocycles. The summed E-state index contributed by atoms with van der Waals surface area (Å²) in [6.45, 7) is 4.04. The van der Waals surface area contributed by atoms with E-state index in [1.165, 1.54) is 0 Å². The Bertz CT molecular complexity index is 702. The van der Waals surface area contributed by atoms with Crippen molar-refractivity contribution in [3.8, 4) is 22.8 Å². The van der Waals surface area contributed by atoms with E-state index in [4.69, 9.17) is 31.3 Å². The number of nitrogens with two attached hydrogens (primary N) is 1.